The van der Waals surface area contributed by atoms with Gasteiger partial charge in [-0.05, 0) is 5.56 Å². The molecule has 0 aliphatic carbocycles. The monoisotopic (exact) mass is 351 g/mol. The molecule has 0 saturated heterocycles. The van der Waals surface area contributed by atoms with Gasteiger partial charge in [-0.2, -0.15) is 0 Å². The van der Waals surface area contributed by atoms with Crippen molar-refractivity contribution in [3.05, 3.63) is 61.2 Å². The van der Waals surface area contributed by atoms with Gasteiger partial charge in [0, 0.05) is 12.2 Å². The first kappa shape index (κ1) is 19.2. The molecule has 0 saturated carbocycles. The molecule has 0 aromatic heterocycles. The molecule has 1 aromatic rings. The number of rotatable bonds is 8. The summed E-state index contributed by atoms with van der Waals surface area (Å²) in [5.41, 5.74) is 0.693. The summed E-state index contributed by atoms with van der Waals surface area (Å²) in [6.07, 6.45) is 0.506. The van der Waals surface area contributed by atoms with Crippen LogP contribution in [0.1, 0.15) is 11.7 Å². The number of hydrogen-bond acceptors (Lipinski definition) is 4. The second-order valence-electron chi connectivity index (χ2n) is 5.06. The van der Waals surface area contributed by atoms with Gasteiger partial charge in [0.25, 0.3) is 0 Å². The molecule has 0 N–H and O–H groups in total. The lowest BCUT2D eigenvalue weighted by Crippen LogP contribution is -2.41. The summed E-state index contributed by atoms with van der Waals surface area (Å²) in [5, 5.41) is -0.452. The predicted molar refractivity (Wildman–Crippen MR) is 92.7 cm³/mol. The Balaban J connectivity index is 3.23. The van der Waals surface area contributed by atoms with E-state index in [0.29, 0.717) is 5.56 Å². The van der Waals surface area contributed by atoms with Crippen molar-refractivity contribution in [1.82, 2.24) is 0 Å². The van der Waals surface area contributed by atoms with Crippen LogP contribution in [-0.4, -0.2) is 31.8 Å². The minimum absolute atomic E-state index is 0.452. The summed E-state index contributed by atoms with van der Waals surface area (Å²) in [6.45, 7) is 10.8. The number of carbonyl (C=O) groups is 2. The lowest BCUT2D eigenvalue weighted by Gasteiger charge is -2.31. The molecule has 0 aliphatic heterocycles. The van der Waals surface area contributed by atoms with E-state index in [1.807, 2.05) is 31.3 Å². The van der Waals surface area contributed by atoms with Gasteiger partial charge in [-0.3, -0.25) is 0 Å². The third kappa shape index (κ3) is 5.69. The van der Waals surface area contributed by atoms with Gasteiger partial charge >= 0.3 is 11.9 Å². The molecule has 0 aliphatic rings. The third-order valence-corrected chi connectivity index (χ3v) is 6.08. The Morgan fingerprint density at radius 3 is 2.09 bits per heavy atom. The van der Waals surface area contributed by atoms with Crippen LogP contribution in [0.15, 0.2) is 55.6 Å². The Hall–Kier alpha value is -1.85. The Labute approximate surface area is 143 Å². The van der Waals surface area contributed by atoms with Gasteiger partial charge in [0.2, 0.25) is 0 Å². The maximum absolute atomic E-state index is 11.7. The number of carbonyl (C=O) groups excluding carboxylic acids is 2. The van der Waals surface area contributed by atoms with E-state index in [1.54, 1.807) is 12.1 Å². The molecule has 1 aromatic carbocycles. The molecule has 0 spiro atoms. The second kappa shape index (κ2) is 9.32. The van der Waals surface area contributed by atoms with Crippen LogP contribution in [0, 0.1) is 0 Å². The molecule has 0 bridgehead atoms. The topological polar surface area (TPSA) is 52.6 Å². The molecule has 1 radical (unpaired) electrons. The standard InChI is InChI=1S/C17H20ClO4Si/c1-5-13(19)21-15(12-10-8-7-9-11-12)16(17(18)23(3)4)22-14(20)6-2/h5-11,15-17H,1-2H2,3-4H3. The third-order valence-electron chi connectivity index (χ3n) is 3.10. The molecule has 0 heterocycles. The average Bonchev–Trinajstić information content (AvgIpc) is 2.57. The van der Waals surface area contributed by atoms with Crippen molar-refractivity contribution >= 4 is 32.3 Å². The van der Waals surface area contributed by atoms with Crippen molar-refractivity contribution in [2.75, 3.05) is 0 Å². The zero-order chi connectivity index (χ0) is 17.4. The van der Waals surface area contributed by atoms with Gasteiger partial charge in [0.15, 0.2) is 12.2 Å². The molecular weight excluding hydrogens is 332 g/mol. The highest BCUT2D eigenvalue weighted by Gasteiger charge is 2.37. The molecule has 0 fully saturated rings. The van der Waals surface area contributed by atoms with E-state index in [2.05, 4.69) is 13.2 Å². The van der Waals surface area contributed by atoms with Gasteiger partial charge in [-0.25, -0.2) is 9.59 Å². The van der Waals surface area contributed by atoms with Crippen molar-refractivity contribution < 1.29 is 19.1 Å². The fraction of sp³-hybridized carbons (Fsp3) is 0.294. The highest BCUT2D eigenvalue weighted by atomic mass is 35.5. The summed E-state index contributed by atoms with van der Waals surface area (Å²) in [4.78, 5) is 23.4. The fourth-order valence-corrected chi connectivity index (χ4v) is 3.01. The van der Waals surface area contributed by atoms with Crippen LogP contribution in [0.25, 0.3) is 0 Å². The van der Waals surface area contributed by atoms with E-state index in [1.165, 1.54) is 0 Å². The number of halogens is 1. The Kier molecular flexibility index (Phi) is 7.78. The lowest BCUT2D eigenvalue weighted by molar-refractivity contribution is -0.161. The Morgan fingerprint density at radius 1 is 1.09 bits per heavy atom. The van der Waals surface area contributed by atoms with Crippen LogP contribution in [0.5, 0.6) is 0 Å². The largest absolute Gasteiger partial charge is 0.454 e. The number of esters is 2. The van der Waals surface area contributed by atoms with E-state index < -0.39 is 37.9 Å². The minimum atomic E-state index is -1.02. The van der Waals surface area contributed by atoms with Crippen molar-refractivity contribution in [1.29, 1.82) is 0 Å². The molecule has 3 unspecified atom stereocenters. The lowest BCUT2D eigenvalue weighted by atomic mass is 10.0. The van der Waals surface area contributed by atoms with Gasteiger partial charge in [0.05, 0.1) is 13.8 Å². The minimum Gasteiger partial charge on any atom is -0.454 e. The smallest absolute Gasteiger partial charge is 0.330 e. The van der Waals surface area contributed by atoms with E-state index in [4.69, 9.17) is 21.1 Å². The first-order valence-corrected chi connectivity index (χ1v) is 10.1. The number of benzene rings is 1. The van der Waals surface area contributed by atoms with E-state index >= 15 is 0 Å². The normalized spacial score (nSPS) is 14.4. The van der Waals surface area contributed by atoms with Crippen molar-refractivity contribution in [2.24, 2.45) is 0 Å². The van der Waals surface area contributed by atoms with Gasteiger partial charge in [0.1, 0.15) is 0 Å². The average molecular weight is 352 g/mol. The molecule has 4 nitrogen and oxygen atoms in total. The molecule has 123 valence electrons. The molecule has 1 rings (SSSR count). The summed E-state index contributed by atoms with van der Waals surface area (Å²) >= 11 is 6.47. The second-order valence-corrected chi connectivity index (χ2v) is 8.67. The highest BCUT2D eigenvalue weighted by Crippen LogP contribution is 2.29. The maximum Gasteiger partial charge on any atom is 0.330 e. The van der Waals surface area contributed by atoms with Crippen LogP contribution in [-0.2, 0) is 19.1 Å². The van der Waals surface area contributed by atoms with Crippen LogP contribution in [0.3, 0.4) is 0 Å². The number of hydrogen-bond donors (Lipinski definition) is 0. The Bertz CT molecular complexity index is 559. The number of ether oxygens (including phenoxy) is 2. The molecular formula is C17H20ClO4Si. The quantitative estimate of drug-likeness (QED) is 0.311. The Morgan fingerprint density at radius 2 is 1.61 bits per heavy atom. The summed E-state index contributed by atoms with van der Waals surface area (Å²) in [6, 6.07) is 9.04. The van der Waals surface area contributed by atoms with Gasteiger partial charge < -0.3 is 9.47 Å². The van der Waals surface area contributed by atoms with Crippen LogP contribution >= 0.6 is 11.6 Å². The zero-order valence-corrected chi connectivity index (χ0v) is 15.0. The maximum atomic E-state index is 11.7. The predicted octanol–water partition coefficient (Wildman–Crippen LogP) is 3.46. The van der Waals surface area contributed by atoms with E-state index in [0.717, 1.165) is 12.2 Å². The zero-order valence-electron chi connectivity index (χ0n) is 13.2. The SMILES string of the molecule is C=CC(=O)OC(c1ccccc1)C(OC(=O)C=C)C(Cl)[Si](C)C. The molecule has 23 heavy (non-hydrogen) atoms. The van der Waals surface area contributed by atoms with E-state index in [9.17, 15) is 9.59 Å². The van der Waals surface area contributed by atoms with Crippen molar-refractivity contribution in [3.8, 4) is 0 Å². The van der Waals surface area contributed by atoms with Crippen molar-refractivity contribution in [2.45, 2.75) is 30.3 Å². The van der Waals surface area contributed by atoms with Crippen LogP contribution < -0.4 is 0 Å². The van der Waals surface area contributed by atoms with Gasteiger partial charge in [-0.15, -0.1) is 11.6 Å². The molecule has 6 heteroatoms. The first-order chi connectivity index (χ1) is 10.9. The van der Waals surface area contributed by atoms with Crippen molar-refractivity contribution in [3.63, 3.8) is 0 Å². The number of alkyl halides is 1. The van der Waals surface area contributed by atoms with Crippen LogP contribution in [0.2, 0.25) is 13.1 Å². The molecule has 0 amide bonds. The summed E-state index contributed by atoms with van der Waals surface area (Å²) < 4.78 is 10.8. The summed E-state index contributed by atoms with van der Waals surface area (Å²) in [5.74, 6) is -1.22. The highest BCUT2D eigenvalue weighted by molar-refractivity contribution is 6.67. The van der Waals surface area contributed by atoms with Gasteiger partial charge in [-0.1, -0.05) is 56.6 Å². The summed E-state index contributed by atoms with van der Waals surface area (Å²) in [7, 11) is -1.02. The fourth-order valence-electron chi connectivity index (χ4n) is 1.93. The van der Waals surface area contributed by atoms with Crippen LogP contribution in [0.4, 0.5) is 0 Å². The first-order valence-electron chi connectivity index (χ1n) is 7.05. The molecule has 3 atom stereocenters. The van der Waals surface area contributed by atoms with E-state index in [-0.39, 0.29) is 0 Å².